The normalized spacial score (nSPS) is 17.4. The topological polar surface area (TPSA) is 34.2 Å². The van der Waals surface area contributed by atoms with Gasteiger partial charge in [0.15, 0.2) is 0 Å². The van der Waals surface area contributed by atoms with Crippen molar-refractivity contribution in [1.29, 1.82) is 0 Å². The van der Waals surface area contributed by atoms with Crippen LogP contribution in [0.3, 0.4) is 0 Å². The van der Waals surface area contributed by atoms with Gasteiger partial charge in [0.05, 0.1) is 12.8 Å². The second kappa shape index (κ2) is 20.3. The molecule has 0 amide bonds. The molecule has 1 aliphatic carbocycles. The molecule has 306 valence electrons. The minimum Gasteiger partial charge on any atom is -0.490 e. The fourth-order valence-electron chi connectivity index (χ4n) is 6.81. The average molecular weight is 767 g/mol. The van der Waals surface area contributed by atoms with Gasteiger partial charge in [-0.05, 0) is 101 Å². The third-order valence-electron chi connectivity index (χ3n) is 10.5. The molecule has 0 bridgehead atoms. The van der Waals surface area contributed by atoms with E-state index >= 15 is 0 Å². The van der Waals surface area contributed by atoms with Gasteiger partial charge in [0.2, 0.25) is 6.43 Å². The number of nitrogens with zero attached hydrogens (tertiary/aromatic N) is 2. The number of ether oxygens (including phenoxy) is 3. The van der Waals surface area contributed by atoms with Gasteiger partial charge >= 0.3 is 0 Å². The van der Waals surface area contributed by atoms with E-state index in [0.717, 1.165) is 50.0 Å². The Hall–Kier alpha value is -3.23. The van der Waals surface area contributed by atoms with Gasteiger partial charge in [-0.1, -0.05) is 98.7 Å². The molecule has 3 aromatic rings. The lowest BCUT2D eigenvalue weighted by Gasteiger charge is -2.39. The van der Waals surface area contributed by atoms with Crippen LogP contribution in [0.1, 0.15) is 118 Å². The maximum atomic E-state index is 12.1. The van der Waals surface area contributed by atoms with Crippen LogP contribution < -0.4 is 14.2 Å². The van der Waals surface area contributed by atoms with Crippen LogP contribution in [0.25, 0.3) is 0 Å². The quantitative estimate of drug-likeness (QED) is 0.183. The van der Waals surface area contributed by atoms with Crippen LogP contribution in [0, 0.1) is 0 Å². The van der Waals surface area contributed by atoms with Crippen molar-refractivity contribution < 1.29 is 27.4 Å². The summed E-state index contributed by atoms with van der Waals surface area (Å²) in [5, 5.41) is 0. The van der Waals surface area contributed by atoms with E-state index in [-0.39, 0.29) is 41.5 Å². The van der Waals surface area contributed by atoms with Crippen LogP contribution in [-0.4, -0.2) is 80.5 Å². The van der Waals surface area contributed by atoms with Crippen LogP contribution in [-0.2, 0) is 16.2 Å². The van der Waals surface area contributed by atoms with E-state index in [1.54, 1.807) is 0 Å². The van der Waals surface area contributed by atoms with Gasteiger partial charge < -0.3 is 14.2 Å². The predicted octanol–water partition coefficient (Wildman–Crippen LogP) is 11.4. The third kappa shape index (κ3) is 15.3. The number of hydrogen-bond donors (Lipinski definition) is 0. The Morgan fingerprint density at radius 1 is 0.527 bits per heavy atom. The Bertz CT molecular complexity index is 1510. The summed E-state index contributed by atoms with van der Waals surface area (Å²) in [6, 6.07) is 25.1. The standard InChI is InChI=1S/C16H23F2NO.C16H24FNO.C15H22O/c1-16(2,3)12-4-6-13(7-5-12)20-14-10-19(11-14)9-8-15(17)18;1-16(2,3)13-5-7-14(8-6-13)19-15-11-18(12-15)10-4-9-17;1-15(2,3)12-8-10-14(11-9-12)16-13-6-4-5-7-13/h4-7,14-15H,8-11H2,1-3H3;5-8,15H,4,9-12H2,1-3H3;8-11,13H,4-7H2,1-3H3. The minimum absolute atomic E-state index is 0.0486. The summed E-state index contributed by atoms with van der Waals surface area (Å²) < 4.78 is 53.8. The molecular formula is C47H69F3N2O3. The van der Waals surface area contributed by atoms with Crippen LogP contribution in [0.2, 0.25) is 0 Å². The highest BCUT2D eigenvalue weighted by atomic mass is 19.3. The SMILES string of the molecule is CC(C)(C)c1ccc(OC2CCCC2)cc1.CC(C)(C)c1ccc(OC2CN(CCC(F)F)C2)cc1.CC(C)(C)c1ccc(OC2CN(CCCF)C2)cc1. The lowest BCUT2D eigenvalue weighted by atomic mass is 9.87. The molecular weight excluding hydrogens is 698 g/mol. The first-order valence-electron chi connectivity index (χ1n) is 20.5. The van der Waals surface area contributed by atoms with Gasteiger partial charge in [-0.25, -0.2) is 8.78 Å². The number of benzene rings is 3. The van der Waals surface area contributed by atoms with E-state index in [1.165, 1.54) is 42.4 Å². The smallest absolute Gasteiger partial charge is 0.239 e. The van der Waals surface area contributed by atoms with E-state index in [1.807, 2.05) is 29.2 Å². The molecule has 0 radical (unpaired) electrons. The number of alkyl halides is 3. The Balaban J connectivity index is 0.000000185. The summed E-state index contributed by atoms with van der Waals surface area (Å²) in [7, 11) is 0. The minimum atomic E-state index is -2.21. The van der Waals surface area contributed by atoms with Crippen molar-refractivity contribution in [3.8, 4) is 17.2 Å². The molecule has 55 heavy (non-hydrogen) atoms. The summed E-state index contributed by atoms with van der Waals surface area (Å²) in [6.45, 7) is 24.3. The summed E-state index contributed by atoms with van der Waals surface area (Å²) in [6.07, 6.45) is 4.33. The number of rotatable bonds is 12. The van der Waals surface area contributed by atoms with Crippen LogP contribution in [0.4, 0.5) is 13.2 Å². The second-order valence-electron chi connectivity index (χ2n) is 18.6. The molecule has 2 heterocycles. The number of likely N-dealkylation sites (tertiary alicyclic amines) is 2. The Morgan fingerprint density at radius 3 is 1.16 bits per heavy atom. The number of hydrogen-bond acceptors (Lipinski definition) is 5. The molecule has 0 N–H and O–H groups in total. The molecule has 2 aliphatic heterocycles. The fourth-order valence-corrected chi connectivity index (χ4v) is 6.81. The average Bonchev–Trinajstić information content (AvgIpc) is 3.60. The molecule has 0 aromatic heterocycles. The van der Waals surface area contributed by atoms with E-state index < -0.39 is 6.43 Å². The Morgan fingerprint density at radius 2 is 0.855 bits per heavy atom. The van der Waals surface area contributed by atoms with Crippen molar-refractivity contribution in [2.75, 3.05) is 45.9 Å². The van der Waals surface area contributed by atoms with Crippen molar-refractivity contribution in [2.45, 2.75) is 142 Å². The molecule has 3 aliphatic rings. The lowest BCUT2D eigenvalue weighted by molar-refractivity contribution is 0.00713. The zero-order valence-electron chi connectivity index (χ0n) is 35.2. The van der Waals surface area contributed by atoms with Crippen LogP contribution in [0.5, 0.6) is 17.2 Å². The highest BCUT2D eigenvalue weighted by Crippen LogP contribution is 2.29. The first-order valence-corrected chi connectivity index (χ1v) is 20.5. The van der Waals surface area contributed by atoms with Crippen LogP contribution >= 0.6 is 0 Å². The van der Waals surface area contributed by atoms with E-state index in [2.05, 4.69) is 116 Å². The highest BCUT2D eigenvalue weighted by molar-refractivity contribution is 5.33. The zero-order chi connectivity index (χ0) is 40.2. The maximum absolute atomic E-state index is 12.1. The van der Waals surface area contributed by atoms with Crippen LogP contribution in [0.15, 0.2) is 72.8 Å². The Kier molecular flexibility index (Phi) is 16.4. The summed E-state index contributed by atoms with van der Waals surface area (Å²) in [5.41, 5.74) is 4.51. The lowest BCUT2D eigenvalue weighted by Crippen LogP contribution is -2.54. The highest BCUT2D eigenvalue weighted by Gasteiger charge is 2.29. The Labute approximate surface area is 330 Å². The van der Waals surface area contributed by atoms with Crippen molar-refractivity contribution in [1.82, 2.24) is 9.80 Å². The molecule has 2 saturated heterocycles. The van der Waals surface area contributed by atoms with Gasteiger partial charge in [0, 0.05) is 45.7 Å². The van der Waals surface area contributed by atoms with Crippen molar-refractivity contribution in [3.63, 3.8) is 0 Å². The molecule has 0 spiro atoms. The van der Waals surface area contributed by atoms with Gasteiger partial charge in [0.25, 0.3) is 0 Å². The first-order chi connectivity index (χ1) is 25.9. The van der Waals surface area contributed by atoms with Gasteiger partial charge in [-0.2, -0.15) is 0 Å². The van der Waals surface area contributed by atoms with E-state index in [9.17, 15) is 13.2 Å². The van der Waals surface area contributed by atoms with Gasteiger partial charge in [0.1, 0.15) is 29.5 Å². The molecule has 1 saturated carbocycles. The molecule has 0 unspecified atom stereocenters. The third-order valence-corrected chi connectivity index (χ3v) is 10.5. The van der Waals surface area contributed by atoms with E-state index in [0.29, 0.717) is 19.1 Å². The molecule has 0 atom stereocenters. The van der Waals surface area contributed by atoms with Gasteiger partial charge in [-0.3, -0.25) is 14.2 Å². The zero-order valence-corrected chi connectivity index (χ0v) is 35.2. The summed E-state index contributed by atoms with van der Waals surface area (Å²) >= 11 is 0. The monoisotopic (exact) mass is 767 g/mol. The molecule has 6 rings (SSSR count). The maximum Gasteiger partial charge on any atom is 0.239 e. The predicted molar refractivity (Wildman–Crippen MR) is 221 cm³/mol. The molecule has 3 aromatic carbocycles. The summed E-state index contributed by atoms with van der Waals surface area (Å²) in [5.74, 6) is 2.82. The molecule has 5 nitrogen and oxygen atoms in total. The fraction of sp³-hybridized carbons (Fsp3) is 0.617. The van der Waals surface area contributed by atoms with E-state index in [4.69, 9.17) is 14.2 Å². The largest absolute Gasteiger partial charge is 0.490 e. The van der Waals surface area contributed by atoms with Crippen molar-refractivity contribution in [2.24, 2.45) is 0 Å². The number of halogens is 3. The van der Waals surface area contributed by atoms with Gasteiger partial charge in [-0.15, -0.1) is 0 Å². The first kappa shape index (κ1) is 44.5. The molecule has 8 heteroatoms. The van der Waals surface area contributed by atoms with Crippen molar-refractivity contribution >= 4 is 0 Å². The second-order valence-corrected chi connectivity index (χ2v) is 18.6. The summed E-state index contributed by atoms with van der Waals surface area (Å²) in [4.78, 5) is 4.23. The van der Waals surface area contributed by atoms with Crippen molar-refractivity contribution in [3.05, 3.63) is 89.5 Å². The molecule has 3 fully saturated rings.